The van der Waals surface area contributed by atoms with Crippen LogP contribution in [-0.2, 0) is 4.74 Å². The van der Waals surface area contributed by atoms with Crippen molar-refractivity contribution in [2.24, 2.45) is 5.73 Å². The van der Waals surface area contributed by atoms with Gasteiger partial charge in [-0.25, -0.2) is 0 Å². The molecule has 0 spiro atoms. The van der Waals surface area contributed by atoms with Gasteiger partial charge in [0, 0.05) is 29.7 Å². The first-order chi connectivity index (χ1) is 10.2. The van der Waals surface area contributed by atoms with Crippen LogP contribution in [0.15, 0.2) is 36.4 Å². The molecule has 110 valence electrons. The van der Waals surface area contributed by atoms with Crippen LogP contribution in [0.5, 0.6) is 0 Å². The van der Waals surface area contributed by atoms with Crippen LogP contribution in [0.1, 0.15) is 18.9 Å². The van der Waals surface area contributed by atoms with E-state index in [0.717, 1.165) is 42.5 Å². The maximum atomic E-state index is 7.74. The lowest BCUT2D eigenvalue weighted by Crippen LogP contribution is -2.42. The number of nitrogens with zero attached hydrogens (tertiary/aromatic N) is 1. The summed E-state index contributed by atoms with van der Waals surface area (Å²) in [5.74, 6) is 0.117. The monoisotopic (exact) mass is 283 g/mol. The SMILES string of the molecule is CCC1CN(c2ccc(C(=N)N)c3ccccc23)CCO1. The molecular formula is C17H21N3O. The van der Waals surface area contributed by atoms with Gasteiger partial charge in [0.25, 0.3) is 0 Å². The third-order valence-corrected chi connectivity index (χ3v) is 4.13. The average Bonchev–Trinajstić information content (AvgIpc) is 2.53. The summed E-state index contributed by atoms with van der Waals surface area (Å²) in [6.07, 6.45) is 1.32. The molecule has 0 saturated carbocycles. The van der Waals surface area contributed by atoms with Gasteiger partial charge in [-0.2, -0.15) is 0 Å². The zero-order valence-corrected chi connectivity index (χ0v) is 12.3. The van der Waals surface area contributed by atoms with Crippen molar-refractivity contribution in [2.75, 3.05) is 24.6 Å². The molecule has 1 saturated heterocycles. The molecule has 2 aromatic rings. The van der Waals surface area contributed by atoms with E-state index in [9.17, 15) is 0 Å². The van der Waals surface area contributed by atoms with Gasteiger partial charge in [-0.1, -0.05) is 31.2 Å². The summed E-state index contributed by atoms with van der Waals surface area (Å²) in [6, 6.07) is 12.2. The summed E-state index contributed by atoms with van der Waals surface area (Å²) in [6.45, 7) is 4.74. The van der Waals surface area contributed by atoms with E-state index >= 15 is 0 Å². The van der Waals surface area contributed by atoms with Crippen molar-refractivity contribution in [1.29, 1.82) is 5.41 Å². The van der Waals surface area contributed by atoms with E-state index in [4.69, 9.17) is 15.9 Å². The molecular weight excluding hydrogens is 262 g/mol. The topological polar surface area (TPSA) is 62.3 Å². The predicted octanol–water partition coefficient (Wildman–Crippen LogP) is 2.74. The van der Waals surface area contributed by atoms with Crippen LogP contribution in [0.2, 0.25) is 0 Å². The van der Waals surface area contributed by atoms with Crippen molar-refractivity contribution in [1.82, 2.24) is 0 Å². The summed E-state index contributed by atoms with van der Waals surface area (Å²) in [4.78, 5) is 2.38. The Morgan fingerprint density at radius 1 is 1.29 bits per heavy atom. The van der Waals surface area contributed by atoms with Gasteiger partial charge in [0.1, 0.15) is 5.84 Å². The Bertz CT molecular complexity index is 668. The van der Waals surface area contributed by atoms with E-state index in [0.29, 0.717) is 6.10 Å². The second-order valence-electron chi connectivity index (χ2n) is 5.44. The number of hydrogen-bond donors (Lipinski definition) is 2. The Hall–Kier alpha value is -2.07. The minimum atomic E-state index is 0.117. The second-order valence-corrected chi connectivity index (χ2v) is 5.44. The molecule has 1 atom stereocenters. The van der Waals surface area contributed by atoms with Crippen molar-refractivity contribution in [3.63, 3.8) is 0 Å². The lowest BCUT2D eigenvalue weighted by atomic mass is 10.0. The third-order valence-electron chi connectivity index (χ3n) is 4.13. The number of amidine groups is 1. The first kappa shape index (κ1) is 13.9. The number of rotatable bonds is 3. The Morgan fingerprint density at radius 2 is 2.05 bits per heavy atom. The van der Waals surface area contributed by atoms with E-state index < -0.39 is 0 Å². The Kier molecular flexibility index (Phi) is 3.80. The van der Waals surface area contributed by atoms with Crippen LogP contribution in [0.25, 0.3) is 10.8 Å². The van der Waals surface area contributed by atoms with E-state index in [1.165, 1.54) is 5.69 Å². The number of hydrogen-bond acceptors (Lipinski definition) is 3. The quantitative estimate of drug-likeness (QED) is 0.672. The molecule has 0 bridgehead atoms. The second kappa shape index (κ2) is 5.74. The molecule has 1 aliphatic rings. The normalized spacial score (nSPS) is 18.9. The minimum absolute atomic E-state index is 0.117. The molecule has 0 amide bonds. The van der Waals surface area contributed by atoms with Gasteiger partial charge in [-0.15, -0.1) is 0 Å². The molecule has 0 aromatic heterocycles. The predicted molar refractivity (Wildman–Crippen MR) is 87.2 cm³/mol. The molecule has 1 fully saturated rings. The number of fused-ring (bicyclic) bond motifs is 1. The highest BCUT2D eigenvalue weighted by molar-refractivity contribution is 6.10. The van der Waals surface area contributed by atoms with Crippen LogP contribution < -0.4 is 10.6 Å². The number of morpholine rings is 1. The Labute approximate surface area is 125 Å². The molecule has 1 aliphatic heterocycles. The van der Waals surface area contributed by atoms with Gasteiger partial charge in [-0.3, -0.25) is 5.41 Å². The van der Waals surface area contributed by atoms with Crippen LogP contribution in [-0.4, -0.2) is 31.6 Å². The van der Waals surface area contributed by atoms with E-state index in [2.05, 4.69) is 24.0 Å². The van der Waals surface area contributed by atoms with Crippen molar-refractivity contribution in [3.8, 4) is 0 Å². The van der Waals surface area contributed by atoms with Crippen molar-refractivity contribution < 1.29 is 4.74 Å². The Balaban J connectivity index is 2.07. The Morgan fingerprint density at radius 3 is 2.76 bits per heavy atom. The summed E-state index contributed by atoms with van der Waals surface area (Å²) < 4.78 is 5.76. The number of ether oxygens (including phenoxy) is 1. The van der Waals surface area contributed by atoms with Gasteiger partial charge >= 0.3 is 0 Å². The van der Waals surface area contributed by atoms with Gasteiger partial charge in [0.05, 0.1) is 12.7 Å². The third kappa shape index (κ3) is 2.59. The molecule has 4 nitrogen and oxygen atoms in total. The fourth-order valence-electron chi connectivity index (χ4n) is 2.98. The van der Waals surface area contributed by atoms with E-state index in [1.807, 2.05) is 24.3 Å². The van der Waals surface area contributed by atoms with Crippen LogP contribution in [0.4, 0.5) is 5.69 Å². The zero-order valence-electron chi connectivity index (χ0n) is 12.3. The summed E-state index contributed by atoms with van der Waals surface area (Å²) in [5.41, 5.74) is 7.71. The minimum Gasteiger partial charge on any atom is -0.384 e. The number of nitrogens with one attached hydrogen (secondary N) is 1. The van der Waals surface area contributed by atoms with Crippen LogP contribution >= 0.6 is 0 Å². The number of benzene rings is 2. The van der Waals surface area contributed by atoms with Crippen LogP contribution in [0, 0.1) is 5.41 Å². The molecule has 1 heterocycles. The van der Waals surface area contributed by atoms with Crippen LogP contribution in [0.3, 0.4) is 0 Å². The van der Waals surface area contributed by atoms with Gasteiger partial charge in [-0.05, 0) is 23.9 Å². The lowest BCUT2D eigenvalue weighted by molar-refractivity contribution is 0.0385. The first-order valence-electron chi connectivity index (χ1n) is 7.43. The molecule has 21 heavy (non-hydrogen) atoms. The molecule has 2 aromatic carbocycles. The summed E-state index contributed by atoms with van der Waals surface area (Å²) >= 11 is 0. The van der Waals surface area contributed by atoms with Crippen molar-refractivity contribution in [2.45, 2.75) is 19.4 Å². The molecule has 0 aliphatic carbocycles. The molecule has 3 N–H and O–H groups in total. The number of anilines is 1. The number of nitrogens with two attached hydrogens (primary N) is 1. The van der Waals surface area contributed by atoms with Gasteiger partial charge in [0.15, 0.2) is 0 Å². The lowest BCUT2D eigenvalue weighted by Gasteiger charge is -2.35. The molecule has 3 rings (SSSR count). The van der Waals surface area contributed by atoms with Crippen molar-refractivity contribution >= 4 is 22.3 Å². The fraction of sp³-hybridized carbons (Fsp3) is 0.353. The van der Waals surface area contributed by atoms with E-state index in [1.54, 1.807) is 0 Å². The zero-order chi connectivity index (χ0) is 14.8. The highest BCUT2D eigenvalue weighted by atomic mass is 16.5. The maximum Gasteiger partial charge on any atom is 0.123 e. The highest BCUT2D eigenvalue weighted by Crippen LogP contribution is 2.30. The molecule has 0 radical (unpaired) electrons. The molecule has 4 heteroatoms. The fourth-order valence-corrected chi connectivity index (χ4v) is 2.98. The summed E-state index contributed by atoms with van der Waals surface area (Å²) in [5, 5.41) is 9.94. The first-order valence-corrected chi connectivity index (χ1v) is 7.43. The standard InChI is InChI=1S/C17H21N3O/c1-2-12-11-20(9-10-21-12)16-8-7-15(17(18)19)13-5-3-4-6-14(13)16/h3-8,12H,2,9-11H2,1H3,(H3,18,19). The molecule has 1 unspecified atom stereocenters. The van der Waals surface area contributed by atoms with Gasteiger partial charge < -0.3 is 15.4 Å². The average molecular weight is 283 g/mol. The summed E-state index contributed by atoms with van der Waals surface area (Å²) in [7, 11) is 0. The number of nitrogen functional groups attached to an aromatic ring is 1. The largest absolute Gasteiger partial charge is 0.384 e. The maximum absolute atomic E-state index is 7.74. The van der Waals surface area contributed by atoms with Crippen molar-refractivity contribution in [3.05, 3.63) is 42.0 Å². The smallest absolute Gasteiger partial charge is 0.123 e. The van der Waals surface area contributed by atoms with E-state index in [-0.39, 0.29) is 5.84 Å². The highest BCUT2D eigenvalue weighted by Gasteiger charge is 2.21. The van der Waals surface area contributed by atoms with Gasteiger partial charge in [0.2, 0.25) is 0 Å².